The molecule has 2 aromatic heterocycles. The number of amides is 1. The summed E-state index contributed by atoms with van der Waals surface area (Å²) in [5.41, 5.74) is 1.86. The number of aromatic nitrogens is 4. The van der Waals surface area contributed by atoms with Crippen molar-refractivity contribution in [1.29, 1.82) is 0 Å². The molecule has 0 aliphatic carbocycles. The Bertz CT molecular complexity index is 825. The Balaban J connectivity index is 1.49. The molecule has 6 nitrogen and oxygen atoms in total. The molecule has 0 unspecified atom stereocenters. The maximum absolute atomic E-state index is 13.0. The highest BCUT2D eigenvalue weighted by Crippen LogP contribution is 2.22. The van der Waals surface area contributed by atoms with Gasteiger partial charge in [-0.3, -0.25) is 9.48 Å². The predicted octanol–water partition coefficient (Wildman–Crippen LogP) is 2.43. The minimum atomic E-state index is 0.113. The molecule has 0 saturated carbocycles. The van der Waals surface area contributed by atoms with Crippen molar-refractivity contribution in [3.63, 3.8) is 0 Å². The van der Waals surface area contributed by atoms with E-state index in [1.54, 1.807) is 18.7 Å². The summed E-state index contributed by atoms with van der Waals surface area (Å²) in [7, 11) is 0. The summed E-state index contributed by atoms with van der Waals surface area (Å²) in [6.45, 7) is 2.29. The number of hydrogen-bond acceptors (Lipinski definition) is 3. The molecule has 1 amide bonds. The Morgan fingerprint density at radius 1 is 1.20 bits per heavy atom. The molecule has 1 saturated heterocycles. The van der Waals surface area contributed by atoms with E-state index in [0.717, 1.165) is 43.6 Å². The van der Waals surface area contributed by atoms with Crippen molar-refractivity contribution in [2.24, 2.45) is 0 Å². The largest absolute Gasteiger partial charge is 0.334 e. The van der Waals surface area contributed by atoms with Crippen molar-refractivity contribution >= 4 is 5.91 Å². The van der Waals surface area contributed by atoms with Crippen LogP contribution in [0.4, 0.5) is 0 Å². The van der Waals surface area contributed by atoms with E-state index in [0.29, 0.717) is 0 Å². The van der Waals surface area contributed by atoms with Gasteiger partial charge < -0.3 is 9.47 Å². The highest BCUT2D eigenvalue weighted by atomic mass is 16.2. The van der Waals surface area contributed by atoms with Gasteiger partial charge in [0, 0.05) is 43.4 Å². The van der Waals surface area contributed by atoms with Crippen LogP contribution in [0, 0.1) is 0 Å². The van der Waals surface area contributed by atoms with Crippen LogP contribution in [0.1, 0.15) is 28.8 Å². The Hall–Kier alpha value is -2.89. The first-order valence-corrected chi connectivity index (χ1v) is 8.63. The Morgan fingerprint density at radius 2 is 2.16 bits per heavy atom. The summed E-state index contributed by atoms with van der Waals surface area (Å²) in [5, 5.41) is 4.27. The maximum atomic E-state index is 13.0. The van der Waals surface area contributed by atoms with Gasteiger partial charge in [0.15, 0.2) is 0 Å². The van der Waals surface area contributed by atoms with Gasteiger partial charge in [-0.1, -0.05) is 12.1 Å². The van der Waals surface area contributed by atoms with E-state index in [1.807, 2.05) is 56.9 Å². The fourth-order valence-electron chi connectivity index (χ4n) is 3.48. The van der Waals surface area contributed by atoms with Gasteiger partial charge in [0.25, 0.3) is 5.91 Å². The number of rotatable bonds is 5. The van der Waals surface area contributed by atoms with E-state index in [1.165, 1.54) is 0 Å². The minimum absolute atomic E-state index is 0.113. The fraction of sp³-hybridized carbons (Fsp3) is 0.316. The number of nitrogens with zero attached hydrogens (tertiary/aromatic N) is 5. The van der Waals surface area contributed by atoms with E-state index in [4.69, 9.17) is 0 Å². The SMILES string of the molecule is O=C(c1cccc(Cn2ccnc2)c1)N1CCC[C@@H]1Cn1cccn1. The summed E-state index contributed by atoms with van der Waals surface area (Å²) < 4.78 is 3.91. The molecule has 1 aliphatic rings. The van der Waals surface area contributed by atoms with Gasteiger partial charge in [0.2, 0.25) is 0 Å². The van der Waals surface area contributed by atoms with Gasteiger partial charge in [0.05, 0.1) is 18.9 Å². The van der Waals surface area contributed by atoms with Crippen molar-refractivity contribution in [1.82, 2.24) is 24.2 Å². The molecule has 0 N–H and O–H groups in total. The van der Waals surface area contributed by atoms with Crippen LogP contribution < -0.4 is 0 Å². The van der Waals surface area contributed by atoms with E-state index in [9.17, 15) is 4.79 Å². The van der Waals surface area contributed by atoms with Gasteiger partial charge >= 0.3 is 0 Å². The van der Waals surface area contributed by atoms with Crippen molar-refractivity contribution in [2.75, 3.05) is 6.54 Å². The average molecular weight is 335 g/mol. The Labute approximate surface area is 146 Å². The number of imidazole rings is 1. The summed E-state index contributed by atoms with van der Waals surface area (Å²) in [6, 6.07) is 10.0. The topological polar surface area (TPSA) is 56.0 Å². The molecule has 128 valence electrons. The zero-order chi connectivity index (χ0) is 17.1. The molecule has 0 spiro atoms. The lowest BCUT2D eigenvalue weighted by atomic mass is 10.1. The fourth-order valence-corrected chi connectivity index (χ4v) is 3.48. The molecular weight excluding hydrogens is 314 g/mol. The molecule has 6 heteroatoms. The molecule has 1 aliphatic heterocycles. The van der Waals surface area contributed by atoms with Crippen LogP contribution in [-0.2, 0) is 13.1 Å². The van der Waals surface area contributed by atoms with Crippen molar-refractivity contribution < 1.29 is 4.79 Å². The monoisotopic (exact) mass is 335 g/mol. The van der Waals surface area contributed by atoms with Gasteiger partial charge in [-0.05, 0) is 36.6 Å². The molecule has 1 fully saturated rings. The van der Waals surface area contributed by atoms with Crippen molar-refractivity contribution in [3.05, 3.63) is 72.6 Å². The smallest absolute Gasteiger partial charge is 0.254 e. The molecule has 3 heterocycles. The van der Waals surface area contributed by atoms with Crippen LogP contribution in [0.5, 0.6) is 0 Å². The van der Waals surface area contributed by atoms with Crippen molar-refractivity contribution in [2.45, 2.75) is 32.0 Å². The lowest BCUT2D eigenvalue weighted by Gasteiger charge is -2.25. The molecular formula is C19H21N5O. The average Bonchev–Trinajstić information content (AvgIpc) is 3.38. The van der Waals surface area contributed by atoms with Gasteiger partial charge in [-0.2, -0.15) is 5.10 Å². The molecule has 1 atom stereocenters. The maximum Gasteiger partial charge on any atom is 0.254 e. The third-order valence-corrected chi connectivity index (χ3v) is 4.69. The lowest BCUT2D eigenvalue weighted by Crippen LogP contribution is -2.38. The van der Waals surface area contributed by atoms with E-state index in [2.05, 4.69) is 10.1 Å². The summed E-state index contributed by atoms with van der Waals surface area (Å²) in [5.74, 6) is 0.113. The summed E-state index contributed by atoms with van der Waals surface area (Å²) >= 11 is 0. The highest BCUT2D eigenvalue weighted by Gasteiger charge is 2.29. The van der Waals surface area contributed by atoms with Crippen LogP contribution in [0.2, 0.25) is 0 Å². The Morgan fingerprint density at radius 3 is 2.96 bits per heavy atom. The second kappa shape index (κ2) is 6.93. The van der Waals surface area contributed by atoms with Crippen LogP contribution >= 0.6 is 0 Å². The van der Waals surface area contributed by atoms with Crippen LogP contribution in [-0.4, -0.2) is 42.7 Å². The highest BCUT2D eigenvalue weighted by molar-refractivity contribution is 5.94. The number of benzene rings is 1. The van der Waals surface area contributed by atoms with Gasteiger partial charge in [-0.15, -0.1) is 0 Å². The molecule has 0 bridgehead atoms. The molecule has 4 rings (SSSR count). The zero-order valence-corrected chi connectivity index (χ0v) is 14.0. The van der Waals surface area contributed by atoms with Crippen molar-refractivity contribution in [3.8, 4) is 0 Å². The zero-order valence-electron chi connectivity index (χ0n) is 14.0. The van der Waals surface area contributed by atoms with Crippen LogP contribution in [0.3, 0.4) is 0 Å². The third-order valence-electron chi connectivity index (χ3n) is 4.69. The third kappa shape index (κ3) is 3.47. The predicted molar refractivity (Wildman–Crippen MR) is 94.1 cm³/mol. The normalized spacial score (nSPS) is 17.1. The van der Waals surface area contributed by atoms with Gasteiger partial charge in [0.1, 0.15) is 0 Å². The first kappa shape index (κ1) is 15.6. The molecule has 0 radical (unpaired) electrons. The number of likely N-dealkylation sites (tertiary alicyclic amines) is 1. The van der Waals surface area contributed by atoms with E-state index in [-0.39, 0.29) is 11.9 Å². The standard InChI is InChI=1S/C19H21N5O/c25-19(24-10-2-6-18(24)14-23-9-3-7-21-23)17-5-1-4-16(12-17)13-22-11-8-20-15-22/h1,3-5,7-9,11-12,15,18H,2,6,10,13-14H2/t18-/m1/s1. The number of carbonyl (C=O) groups excluding carboxylic acids is 1. The van der Waals surface area contributed by atoms with Gasteiger partial charge in [-0.25, -0.2) is 4.98 Å². The molecule has 25 heavy (non-hydrogen) atoms. The summed E-state index contributed by atoms with van der Waals surface area (Å²) in [6.07, 6.45) is 11.3. The summed E-state index contributed by atoms with van der Waals surface area (Å²) in [4.78, 5) is 19.1. The van der Waals surface area contributed by atoms with E-state index >= 15 is 0 Å². The van der Waals surface area contributed by atoms with Crippen LogP contribution in [0.15, 0.2) is 61.4 Å². The molecule has 1 aromatic carbocycles. The first-order valence-electron chi connectivity index (χ1n) is 8.63. The Kier molecular flexibility index (Phi) is 4.33. The van der Waals surface area contributed by atoms with Crippen LogP contribution in [0.25, 0.3) is 0 Å². The number of hydrogen-bond donors (Lipinski definition) is 0. The minimum Gasteiger partial charge on any atom is -0.334 e. The quantitative estimate of drug-likeness (QED) is 0.719. The molecule has 3 aromatic rings. The lowest BCUT2D eigenvalue weighted by molar-refractivity contribution is 0.0721. The number of carbonyl (C=O) groups is 1. The first-order chi connectivity index (χ1) is 12.3. The van der Waals surface area contributed by atoms with E-state index < -0.39 is 0 Å². The second-order valence-corrected chi connectivity index (χ2v) is 6.46. The second-order valence-electron chi connectivity index (χ2n) is 6.46.